The van der Waals surface area contributed by atoms with Gasteiger partial charge in [0.15, 0.2) is 0 Å². The molecule has 27 heavy (non-hydrogen) atoms. The minimum Gasteiger partial charge on any atom is -0.334 e. The van der Waals surface area contributed by atoms with Crippen LogP contribution in [0.15, 0.2) is 67.3 Å². The number of benzene rings is 2. The number of anilines is 2. The van der Waals surface area contributed by atoms with E-state index in [1.807, 2.05) is 0 Å². The number of amides is 3. The van der Waals surface area contributed by atoms with E-state index in [1.54, 1.807) is 48.6 Å². The Morgan fingerprint density at radius 1 is 1.00 bits per heavy atom. The maximum atomic E-state index is 11.9. The molecule has 0 aliphatic carbocycles. The van der Waals surface area contributed by atoms with Crippen LogP contribution in [0.4, 0.5) is 21.9 Å². The zero-order valence-electron chi connectivity index (χ0n) is 14.3. The lowest BCUT2D eigenvalue weighted by Crippen LogP contribution is -2.28. The number of urea groups is 1. The van der Waals surface area contributed by atoms with Crippen molar-refractivity contribution in [2.24, 2.45) is 0 Å². The molecule has 2 aromatic rings. The van der Waals surface area contributed by atoms with Crippen molar-refractivity contribution in [1.82, 2.24) is 5.32 Å². The minimum absolute atomic E-state index is 0.0107. The highest BCUT2D eigenvalue weighted by atomic mass is 16.6. The molecule has 0 aliphatic heterocycles. The number of rotatable bonds is 7. The van der Waals surface area contributed by atoms with Gasteiger partial charge in [0.1, 0.15) is 0 Å². The molecule has 0 spiro atoms. The van der Waals surface area contributed by atoms with E-state index in [9.17, 15) is 19.7 Å². The fraction of sp³-hybridized carbons (Fsp3) is 0.0526. The molecule has 2 rings (SSSR count). The maximum Gasteiger partial charge on any atom is 0.319 e. The summed E-state index contributed by atoms with van der Waals surface area (Å²) in [6.45, 7) is 3.87. The Bertz CT molecular complexity index is 858. The van der Waals surface area contributed by atoms with Crippen molar-refractivity contribution >= 4 is 35.1 Å². The largest absolute Gasteiger partial charge is 0.334 e. The van der Waals surface area contributed by atoms with Crippen LogP contribution < -0.4 is 16.0 Å². The zero-order chi connectivity index (χ0) is 19.6. The Morgan fingerprint density at radius 3 is 2.15 bits per heavy atom. The molecule has 8 heteroatoms. The lowest BCUT2D eigenvalue weighted by molar-refractivity contribution is -0.384. The lowest BCUT2D eigenvalue weighted by atomic mass is 10.2. The van der Waals surface area contributed by atoms with Gasteiger partial charge in [0.05, 0.1) is 4.92 Å². The Morgan fingerprint density at radius 2 is 1.59 bits per heavy atom. The van der Waals surface area contributed by atoms with Gasteiger partial charge in [-0.2, -0.15) is 0 Å². The third-order valence-corrected chi connectivity index (χ3v) is 3.35. The van der Waals surface area contributed by atoms with Crippen LogP contribution in [-0.2, 0) is 4.79 Å². The van der Waals surface area contributed by atoms with Crippen molar-refractivity contribution in [2.45, 2.75) is 0 Å². The fourth-order valence-corrected chi connectivity index (χ4v) is 2.04. The molecule has 0 saturated carbocycles. The average molecular weight is 366 g/mol. The number of nitrogens with one attached hydrogen (secondary N) is 3. The molecule has 0 aromatic heterocycles. The normalized spacial score (nSPS) is 10.2. The van der Waals surface area contributed by atoms with Gasteiger partial charge in [-0.25, -0.2) is 4.79 Å². The maximum absolute atomic E-state index is 11.9. The summed E-state index contributed by atoms with van der Waals surface area (Å²) in [5.41, 5.74) is 1.80. The van der Waals surface area contributed by atoms with E-state index in [2.05, 4.69) is 22.5 Å². The Kier molecular flexibility index (Phi) is 6.83. The highest BCUT2D eigenvalue weighted by Crippen LogP contribution is 2.15. The second-order valence-electron chi connectivity index (χ2n) is 5.37. The van der Waals surface area contributed by atoms with Gasteiger partial charge >= 0.3 is 6.03 Å². The van der Waals surface area contributed by atoms with Crippen molar-refractivity contribution in [3.63, 3.8) is 0 Å². The molecule has 3 amide bonds. The first-order valence-corrected chi connectivity index (χ1v) is 7.97. The molecule has 0 fully saturated rings. The fourth-order valence-electron chi connectivity index (χ4n) is 2.04. The molecule has 2 aromatic carbocycles. The summed E-state index contributed by atoms with van der Waals surface area (Å²) in [6, 6.07) is 12.1. The number of carbonyl (C=O) groups is 2. The molecule has 0 unspecified atom stereocenters. The lowest BCUT2D eigenvalue weighted by Gasteiger charge is -2.07. The summed E-state index contributed by atoms with van der Waals surface area (Å²) in [6.07, 6.45) is 4.46. The standard InChI is InChI=1S/C19H18N4O4/c1-2-13-20-19(25)22-16-8-6-15(7-9-16)21-18(24)12-5-14-3-10-17(11-4-14)23(26)27/h2-12H,1,13H2,(H,21,24)(H2,20,22,25)/b12-5+. The SMILES string of the molecule is C=CCNC(=O)Nc1ccc(NC(=O)/C=C/c2ccc([N+](=O)[O-])cc2)cc1. The number of nitrogens with zero attached hydrogens (tertiary/aromatic N) is 1. The number of hydrogen-bond acceptors (Lipinski definition) is 4. The van der Waals surface area contributed by atoms with Gasteiger partial charge in [0, 0.05) is 36.1 Å². The van der Waals surface area contributed by atoms with Gasteiger partial charge in [0.2, 0.25) is 5.91 Å². The van der Waals surface area contributed by atoms with E-state index < -0.39 is 4.92 Å². The van der Waals surface area contributed by atoms with Crippen LogP contribution >= 0.6 is 0 Å². The smallest absolute Gasteiger partial charge is 0.319 e. The second kappa shape index (κ2) is 9.52. The van der Waals surface area contributed by atoms with Gasteiger partial charge in [-0.1, -0.05) is 6.08 Å². The van der Waals surface area contributed by atoms with E-state index in [0.717, 1.165) is 0 Å². The predicted molar refractivity (Wildman–Crippen MR) is 104 cm³/mol. The molecular formula is C19H18N4O4. The molecule has 3 N–H and O–H groups in total. The van der Waals surface area contributed by atoms with Gasteiger partial charge < -0.3 is 16.0 Å². The van der Waals surface area contributed by atoms with Crippen LogP contribution in [0.1, 0.15) is 5.56 Å². The van der Waals surface area contributed by atoms with Crippen molar-refractivity contribution in [2.75, 3.05) is 17.2 Å². The van der Waals surface area contributed by atoms with Crippen LogP contribution in [0.5, 0.6) is 0 Å². The summed E-state index contributed by atoms with van der Waals surface area (Å²) < 4.78 is 0. The molecule has 0 saturated heterocycles. The quantitative estimate of drug-likeness (QED) is 0.301. The number of hydrogen-bond donors (Lipinski definition) is 3. The van der Waals surface area contributed by atoms with E-state index in [4.69, 9.17) is 0 Å². The van der Waals surface area contributed by atoms with Crippen LogP contribution in [0, 0.1) is 10.1 Å². The summed E-state index contributed by atoms with van der Waals surface area (Å²) in [4.78, 5) is 33.6. The minimum atomic E-state index is -0.484. The molecule has 0 bridgehead atoms. The Hall–Kier alpha value is -3.94. The first-order valence-electron chi connectivity index (χ1n) is 7.97. The van der Waals surface area contributed by atoms with Gasteiger partial charge in [-0.05, 0) is 48.0 Å². The number of nitro benzene ring substituents is 1. The monoisotopic (exact) mass is 366 g/mol. The van der Waals surface area contributed by atoms with Crippen molar-refractivity contribution < 1.29 is 14.5 Å². The van der Waals surface area contributed by atoms with Gasteiger partial charge in [0.25, 0.3) is 5.69 Å². The van der Waals surface area contributed by atoms with Gasteiger partial charge in [-0.3, -0.25) is 14.9 Å². The first kappa shape index (κ1) is 19.4. The van der Waals surface area contributed by atoms with E-state index in [-0.39, 0.29) is 17.6 Å². The topological polar surface area (TPSA) is 113 Å². The molecule has 0 radical (unpaired) electrons. The Labute approximate surface area is 155 Å². The van der Waals surface area contributed by atoms with E-state index >= 15 is 0 Å². The van der Waals surface area contributed by atoms with Crippen molar-refractivity contribution in [1.29, 1.82) is 0 Å². The average Bonchev–Trinajstić information content (AvgIpc) is 2.66. The summed E-state index contributed by atoms with van der Waals surface area (Å²) in [5, 5.41) is 18.5. The molecule has 138 valence electrons. The summed E-state index contributed by atoms with van der Waals surface area (Å²) >= 11 is 0. The summed E-state index contributed by atoms with van der Waals surface area (Å²) in [7, 11) is 0. The van der Waals surface area contributed by atoms with Crippen LogP contribution in [0.25, 0.3) is 6.08 Å². The number of non-ortho nitro benzene ring substituents is 1. The third kappa shape index (κ3) is 6.46. The van der Waals surface area contributed by atoms with Crippen LogP contribution in [-0.4, -0.2) is 23.4 Å². The van der Waals surface area contributed by atoms with E-state index in [0.29, 0.717) is 23.5 Å². The first-order chi connectivity index (χ1) is 13.0. The molecule has 0 heterocycles. The highest BCUT2D eigenvalue weighted by molar-refractivity contribution is 6.02. The molecule has 0 atom stereocenters. The van der Waals surface area contributed by atoms with Crippen LogP contribution in [0.3, 0.4) is 0 Å². The Balaban J connectivity index is 1.88. The molecule has 0 aliphatic rings. The van der Waals surface area contributed by atoms with Gasteiger partial charge in [-0.15, -0.1) is 6.58 Å². The van der Waals surface area contributed by atoms with Crippen molar-refractivity contribution in [3.8, 4) is 0 Å². The summed E-state index contributed by atoms with van der Waals surface area (Å²) in [5.74, 6) is -0.349. The molecular weight excluding hydrogens is 348 g/mol. The third-order valence-electron chi connectivity index (χ3n) is 3.35. The zero-order valence-corrected chi connectivity index (χ0v) is 14.3. The van der Waals surface area contributed by atoms with Crippen LogP contribution in [0.2, 0.25) is 0 Å². The number of nitro groups is 1. The van der Waals surface area contributed by atoms with E-state index in [1.165, 1.54) is 18.2 Å². The highest BCUT2D eigenvalue weighted by Gasteiger charge is 2.04. The van der Waals surface area contributed by atoms with Crippen molar-refractivity contribution in [3.05, 3.63) is 82.9 Å². The number of carbonyl (C=O) groups excluding carboxylic acids is 2. The molecule has 8 nitrogen and oxygen atoms in total. The second-order valence-corrected chi connectivity index (χ2v) is 5.37. The predicted octanol–water partition coefficient (Wildman–Crippen LogP) is 3.55.